The predicted molar refractivity (Wildman–Crippen MR) is 52.5 cm³/mol. The lowest BCUT2D eigenvalue weighted by atomic mass is 9.91. The fourth-order valence-corrected chi connectivity index (χ4v) is 2.04. The van der Waals surface area contributed by atoms with Gasteiger partial charge in [0.15, 0.2) is 0 Å². The Kier molecular flexibility index (Phi) is 2.34. The lowest BCUT2D eigenvalue weighted by Crippen LogP contribution is -2.28. The normalized spacial score (nSPS) is 21.2. The Labute approximate surface area is 78.6 Å². The van der Waals surface area contributed by atoms with Gasteiger partial charge in [0.25, 0.3) is 0 Å². The van der Waals surface area contributed by atoms with E-state index >= 15 is 0 Å². The van der Waals surface area contributed by atoms with Crippen molar-refractivity contribution < 1.29 is 5.11 Å². The summed E-state index contributed by atoms with van der Waals surface area (Å²) in [4.78, 5) is 0. The van der Waals surface area contributed by atoms with Crippen LogP contribution in [0.3, 0.4) is 0 Å². The largest absolute Gasteiger partial charge is 0.392 e. The minimum Gasteiger partial charge on any atom is -0.392 e. The molecule has 1 aliphatic heterocycles. The summed E-state index contributed by atoms with van der Waals surface area (Å²) in [7, 11) is 0. The lowest BCUT2D eigenvalue weighted by Gasteiger charge is -2.25. The van der Waals surface area contributed by atoms with Crippen LogP contribution in [0.25, 0.3) is 0 Å². The fourth-order valence-electron chi connectivity index (χ4n) is 2.04. The van der Waals surface area contributed by atoms with Crippen LogP contribution in [0.15, 0.2) is 18.2 Å². The van der Waals surface area contributed by atoms with Crippen LogP contribution in [0.5, 0.6) is 0 Å². The van der Waals surface area contributed by atoms with Crippen molar-refractivity contribution in [2.45, 2.75) is 26.0 Å². The molecule has 2 nitrogen and oxygen atoms in total. The van der Waals surface area contributed by atoms with Crippen molar-refractivity contribution in [1.82, 2.24) is 5.32 Å². The van der Waals surface area contributed by atoms with E-state index in [-0.39, 0.29) is 6.61 Å². The van der Waals surface area contributed by atoms with Crippen molar-refractivity contribution in [2.75, 3.05) is 6.54 Å². The summed E-state index contributed by atoms with van der Waals surface area (Å²) in [5.41, 5.74) is 3.78. The topological polar surface area (TPSA) is 32.3 Å². The second kappa shape index (κ2) is 3.48. The molecule has 0 spiro atoms. The molecule has 0 fully saturated rings. The van der Waals surface area contributed by atoms with Crippen molar-refractivity contribution in [3.63, 3.8) is 0 Å². The van der Waals surface area contributed by atoms with Gasteiger partial charge >= 0.3 is 0 Å². The molecule has 0 unspecified atom stereocenters. The van der Waals surface area contributed by atoms with Gasteiger partial charge in [-0.2, -0.15) is 0 Å². The summed E-state index contributed by atoms with van der Waals surface area (Å²) in [5, 5.41) is 12.6. The quantitative estimate of drug-likeness (QED) is 0.679. The smallest absolute Gasteiger partial charge is 0.0684 e. The average Bonchev–Trinajstić information content (AvgIpc) is 2.18. The number of aliphatic hydroxyl groups excluding tert-OH is 1. The first kappa shape index (κ1) is 8.73. The fraction of sp³-hybridized carbons (Fsp3) is 0.455. The maximum atomic E-state index is 9.16. The Hall–Kier alpha value is -0.860. The van der Waals surface area contributed by atoms with Crippen LogP contribution in [-0.4, -0.2) is 11.7 Å². The first-order valence-electron chi connectivity index (χ1n) is 4.78. The van der Waals surface area contributed by atoms with Crippen LogP contribution in [0.4, 0.5) is 0 Å². The van der Waals surface area contributed by atoms with E-state index in [1.54, 1.807) is 0 Å². The monoisotopic (exact) mass is 177 g/mol. The SMILES string of the molecule is C[C@H]1NCCc2c(CO)cccc21. The molecule has 0 aliphatic carbocycles. The molecule has 0 saturated carbocycles. The van der Waals surface area contributed by atoms with Crippen molar-refractivity contribution in [3.05, 3.63) is 34.9 Å². The number of hydrogen-bond donors (Lipinski definition) is 2. The highest BCUT2D eigenvalue weighted by Gasteiger charge is 2.17. The van der Waals surface area contributed by atoms with E-state index in [1.807, 2.05) is 12.1 Å². The van der Waals surface area contributed by atoms with E-state index in [2.05, 4.69) is 18.3 Å². The third kappa shape index (κ3) is 1.47. The number of hydrogen-bond acceptors (Lipinski definition) is 2. The van der Waals surface area contributed by atoms with Gasteiger partial charge < -0.3 is 10.4 Å². The van der Waals surface area contributed by atoms with E-state index in [9.17, 15) is 0 Å². The molecular weight excluding hydrogens is 162 g/mol. The van der Waals surface area contributed by atoms with E-state index in [4.69, 9.17) is 5.11 Å². The Morgan fingerprint density at radius 3 is 3.15 bits per heavy atom. The molecule has 0 saturated heterocycles. The van der Waals surface area contributed by atoms with E-state index in [0.29, 0.717) is 6.04 Å². The van der Waals surface area contributed by atoms with Gasteiger partial charge in [-0.05, 0) is 36.6 Å². The van der Waals surface area contributed by atoms with E-state index < -0.39 is 0 Å². The molecular formula is C11H15NO. The van der Waals surface area contributed by atoms with Crippen molar-refractivity contribution in [1.29, 1.82) is 0 Å². The molecule has 2 heteroatoms. The van der Waals surface area contributed by atoms with E-state index in [0.717, 1.165) is 18.5 Å². The van der Waals surface area contributed by atoms with Gasteiger partial charge in [0, 0.05) is 6.04 Å². The van der Waals surface area contributed by atoms with Gasteiger partial charge in [0.05, 0.1) is 6.61 Å². The molecule has 0 amide bonds. The van der Waals surface area contributed by atoms with Crippen LogP contribution in [-0.2, 0) is 13.0 Å². The molecule has 2 N–H and O–H groups in total. The minimum atomic E-state index is 0.163. The summed E-state index contributed by atoms with van der Waals surface area (Å²) < 4.78 is 0. The standard InChI is InChI=1S/C11H15NO/c1-8-10-4-2-3-9(7-13)11(10)5-6-12-8/h2-4,8,12-13H,5-7H2,1H3/t8-/m1/s1. The molecule has 0 bridgehead atoms. The van der Waals surface area contributed by atoms with Gasteiger partial charge in [0.2, 0.25) is 0 Å². The second-order valence-corrected chi connectivity index (χ2v) is 3.57. The number of rotatable bonds is 1. The molecule has 0 radical (unpaired) electrons. The van der Waals surface area contributed by atoms with Crippen molar-refractivity contribution in [3.8, 4) is 0 Å². The molecule has 2 rings (SSSR count). The molecule has 13 heavy (non-hydrogen) atoms. The molecule has 1 aromatic rings. The van der Waals surface area contributed by atoms with Gasteiger partial charge in [-0.1, -0.05) is 18.2 Å². The Bertz CT molecular complexity index is 309. The van der Waals surface area contributed by atoms with Gasteiger partial charge in [-0.25, -0.2) is 0 Å². The molecule has 1 atom stereocenters. The van der Waals surface area contributed by atoms with Crippen LogP contribution in [0, 0.1) is 0 Å². The van der Waals surface area contributed by atoms with Crippen LogP contribution >= 0.6 is 0 Å². The zero-order valence-corrected chi connectivity index (χ0v) is 7.88. The first-order valence-corrected chi connectivity index (χ1v) is 4.78. The van der Waals surface area contributed by atoms with E-state index in [1.165, 1.54) is 11.1 Å². The highest BCUT2D eigenvalue weighted by atomic mass is 16.3. The zero-order valence-electron chi connectivity index (χ0n) is 7.88. The Morgan fingerprint density at radius 1 is 1.54 bits per heavy atom. The van der Waals surface area contributed by atoms with Gasteiger partial charge in [-0.3, -0.25) is 0 Å². The van der Waals surface area contributed by atoms with Crippen LogP contribution < -0.4 is 5.32 Å². The molecule has 1 aliphatic rings. The van der Waals surface area contributed by atoms with Crippen LogP contribution in [0.2, 0.25) is 0 Å². The summed E-state index contributed by atoms with van der Waals surface area (Å²) in [6.07, 6.45) is 1.04. The Balaban J connectivity index is 2.48. The van der Waals surface area contributed by atoms with Crippen LogP contribution in [0.1, 0.15) is 29.7 Å². The van der Waals surface area contributed by atoms with Crippen molar-refractivity contribution >= 4 is 0 Å². The minimum absolute atomic E-state index is 0.163. The first-order chi connectivity index (χ1) is 6.33. The lowest BCUT2D eigenvalue weighted by molar-refractivity contribution is 0.279. The molecule has 70 valence electrons. The third-order valence-electron chi connectivity index (χ3n) is 2.77. The number of benzene rings is 1. The second-order valence-electron chi connectivity index (χ2n) is 3.57. The molecule has 1 heterocycles. The molecule has 1 aromatic carbocycles. The highest BCUT2D eigenvalue weighted by Crippen LogP contribution is 2.25. The summed E-state index contributed by atoms with van der Waals surface area (Å²) in [5.74, 6) is 0. The van der Waals surface area contributed by atoms with Crippen molar-refractivity contribution in [2.24, 2.45) is 0 Å². The summed E-state index contributed by atoms with van der Waals surface area (Å²) in [6.45, 7) is 3.35. The summed E-state index contributed by atoms with van der Waals surface area (Å²) >= 11 is 0. The van der Waals surface area contributed by atoms with Gasteiger partial charge in [-0.15, -0.1) is 0 Å². The maximum Gasteiger partial charge on any atom is 0.0684 e. The predicted octanol–water partition coefficient (Wildman–Crippen LogP) is 1.39. The average molecular weight is 177 g/mol. The summed E-state index contributed by atoms with van der Waals surface area (Å²) in [6, 6.07) is 6.60. The Morgan fingerprint density at radius 2 is 2.38 bits per heavy atom. The third-order valence-corrected chi connectivity index (χ3v) is 2.77. The zero-order chi connectivity index (χ0) is 9.26. The highest BCUT2D eigenvalue weighted by molar-refractivity contribution is 5.38. The number of fused-ring (bicyclic) bond motifs is 1. The number of aliphatic hydroxyl groups is 1. The molecule has 0 aromatic heterocycles. The maximum absolute atomic E-state index is 9.16. The van der Waals surface area contributed by atoms with Gasteiger partial charge in [0.1, 0.15) is 0 Å². The number of nitrogens with one attached hydrogen (secondary N) is 1.